The number of sulfonamides is 1. The number of nitrogens with zero attached hydrogens (tertiary/aromatic N) is 2. The smallest absolute Gasteiger partial charge is 0.262 e. The molecule has 1 rings (SSSR count). The largest absolute Gasteiger partial charge is 0.385 e. The lowest BCUT2D eigenvalue weighted by molar-refractivity contribution is 0.189. The highest BCUT2D eigenvalue weighted by Crippen LogP contribution is 2.20. The van der Waals surface area contributed by atoms with Crippen LogP contribution in [0.5, 0.6) is 0 Å². The number of aromatic nitrogens is 1. The molecule has 1 aromatic heterocycles. The normalized spacial score (nSPS) is 11.8. The number of methoxy groups -OCH3 is 1. The molecule has 0 fully saturated rings. The molecular formula is C10H18N4O3S. The first-order valence-corrected chi connectivity index (χ1v) is 6.85. The van der Waals surface area contributed by atoms with Crippen LogP contribution in [0.3, 0.4) is 0 Å². The molecule has 3 N–H and O–H groups in total. The Morgan fingerprint density at radius 1 is 1.56 bits per heavy atom. The van der Waals surface area contributed by atoms with Gasteiger partial charge in [0.05, 0.1) is 5.69 Å². The van der Waals surface area contributed by atoms with Crippen LogP contribution in [0.4, 0.5) is 5.69 Å². The molecule has 0 atom stereocenters. The summed E-state index contributed by atoms with van der Waals surface area (Å²) in [5.41, 5.74) is 2.60. The van der Waals surface area contributed by atoms with Crippen LogP contribution in [-0.4, -0.2) is 45.0 Å². The van der Waals surface area contributed by atoms with E-state index in [1.165, 1.54) is 17.5 Å². The van der Waals surface area contributed by atoms with Gasteiger partial charge in [0.15, 0.2) is 5.03 Å². The van der Waals surface area contributed by atoms with E-state index in [-0.39, 0.29) is 10.7 Å². The van der Waals surface area contributed by atoms with E-state index in [1.807, 2.05) is 0 Å². The van der Waals surface area contributed by atoms with Gasteiger partial charge in [0.25, 0.3) is 10.0 Å². The molecule has 18 heavy (non-hydrogen) atoms. The van der Waals surface area contributed by atoms with E-state index in [4.69, 9.17) is 10.6 Å². The summed E-state index contributed by atoms with van der Waals surface area (Å²) in [7, 11) is -0.565. The summed E-state index contributed by atoms with van der Waals surface area (Å²) < 4.78 is 30.6. The van der Waals surface area contributed by atoms with Gasteiger partial charge in [-0.2, -0.15) is 4.31 Å². The molecule has 0 aromatic carbocycles. The maximum absolute atomic E-state index is 12.2. The SMILES string of the molecule is COCCCN(C)S(=O)(=O)c1ncccc1NN. The van der Waals surface area contributed by atoms with Gasteiger partial charge in [-0.3, -0.25) is 5.84 Å². The molecule has 0 saturated carbocycles. The zero-order valence-electron chi connectivity index (χ0n) is 10.5. The van der Waals surface area contributed by atoms with E-state index in [0.29, 0.717) is 19.6 Å². The Kier molecular flexibility index (Phi) is 5.48. The lowest BCUT2D eigenvalue weighted by Gasteiger charge is -2.17. The molecule has 0 unspecified atom stereocenters. The highest BCUT2D eigenvalue weighted by atomic mass is 32.2. The second-order valence-corrected chi connectivity index (χ2v) is 5.63. The minimum Gasteiger partial charge on any atom is -0.385 e. The van der Waals surface area contributed by atoms with Gasteiger partial charge >= 0.3 is 0 Å². The molecule has 0 bridgehead atoms. The van der Waals surface area contributed by atoms with Crippen molar-refractivity contribution in [2.75, 3.05) is 32.7 Å². The topological polar surface area (TPSA) is 97.5 Å². The minimum atomic E-state index is -3.64. The van der Waals surface area contributed by atoms with Crippen LogP contribution in [0.15, 0.2) is 23.4 Å². The standard InChI is InChI=1S/C10H18N4O3S/c1-14(7-4-8-17-2)18(15,16)10-9(13-11)5-3-6-12-10/h3,5-6,13H,4,7-8,11H2,1-2H3. The van der Waals surface area contributed by atoms with Crippen molar-refractivity contribution in [3.05, 3.63) is 18.3 Å². The molecule has 8 heteroatoms. The number of hydrogen-bond donors (Lipinski definition) is 2. The van der Waals surface area contributed by atoms with Gasteiger partial charge in [-0.25, -0.2) is 13.4 Å². The number of rotatable bonds is 7. The van der Waals surface area contributed by atoms with E-state index in [2.05, 4.69) is 10.4 Å². The van der Waals surface area contributed by atoms with Gasteiger partial charge in [0, 0.05) is 33.5 Å². The first-order valence-electron chi connectivity index (χ1n) is 5.41. The van der Waals surface area contributed by atoms with Gasteiger partial charge in [-0.15, -0.1) is 0 Å². The summed E-state index contributed by atoms with van der Waals surface area (Å²) in [5, 5.41) is -0.0765. The first kappa shape index (κ1) is 14.8. The van der Waals surface area contributed by atoms with E-state index in [9.17, 15) is 8.42 Å². The monoisotopic (exact) mass is 274 g/mol. The zero-order chi connectivity index (χ0) is 13.6. The molecule has 0 spiro atoms. The Morgan fingerprint density at radius 3 is 2.89 bits per heavy atom. The second-order valence-electron chi connectivity index (χ2n) is 3.67. The lowest BCUT2D eigenvalue weighted by atomic mass is 10.4. The Labute approximate surface area is 107 Å². The molecule has 0 saturated heterocycles. The van der Waals surface area contributed by atoms with Crippen LogP contribution in [0.25, 0.3) is 0 Å². The van der Waals surface area contributed by atoms with Crippen molar-refractivity contribution in [1.29, 1.82) is 0 Å². The van der Waals surface area contributed by atoms with Crippen LogP contribution in [0.1, 0.15) is 6.42 Å². The van der Waals surface area contributed by atoms with E-state index < -0.39 is 10.0 Å². The molecule has 7 nitrogen and oxygen atoms in total. The Morgan fingerprint density at radius 2 is 2.28 bits per heavy atom. The van der Waals surface area contributed by atoms with E-state index in [1.54, 1.807) is 19.2 Å². The van der Waals surface area contributed by atoms with E-state index >= 15 is 0 Å². The third kappa shape index (κ3) is 3.39. The van der Waals surface area contributed by atoms with Crippen LogP contribution < -0.4 is 11.3 Å². The van der Waals surface area contributed by atoms with Gasteiger partial charge in [-0.05, 0) is 18.6 Å². The first-order chi connectivity index (χ1) is 8.54. The van der Waals surface area contributed by atoms with Crippen LogP contribution in [0, 0.1) is 0 Å². The van der Waals surface area contributed by atoms with Gasteiger partial charge in [-0.1, -0.05) is 0 Å². The number of hydrazine groups is 1. The van der Waals surface area contributed by atoms with Crippen molar-refractivity contribution < 1.29 is 13.2 Å². The van der Waals surface area contributed by atoms with Crippen molar-refractivity contribution in [1.82, 2.24) is 9.29 Å². The maximum atomic E-state index is 12.2. The van der Waals surface area contributed by atoms with Crippen LogP contribution >= 0.6 is 0 Å². The number of nitrogens with two attached hydrogens (primary N) is 1. The summed E-state index contributed by atoms with van der Waals surface area (Å²) in [6.45, 7) is 0.862. The fourth-order valence-electron chi connectivity index (χ4n) is 1.41. The number of hydrogen-bond acceptors (Lipinski definition) is 6. The Bertz CT molecular complexity index is 478. The molecule has 0 aliphatic rings. The fraction of sp³-hybridized carbons (Fsp3) is 0.500. The number of pyridine rings is 1. The maximum Gasteiger partial charge on any atom is 0.262 e. The number of nitrogen functional groups attached to an aromatic ring is 1. The quantitative estimate of drug-likeness (QED) is 0.413. The summed E-state index contributed by atoms with van der Waals surface area (Å²) in [5.74, 6) is 5.28. The van der Waals surface area contributed by atoms with Crippen molar-refractivity contribution in [3.8, 4) is 0 Å². The predicted molar refractivity (Wildman–Crippen MR) is 68.4 cm³/mol. The zero-order valence-corrected chi connectivity index (χ0v) is 11.3. The Hall–Kier alpha value is -1.22. The van der Waals surface area contributed by atoms with Gasteiger partial charge in [0.2, 0.25) is 0 Å². The molecule has 1 heterocycles. The molecule has 0 amide bonds. The summed E-state index contributed by atoms with van der Waals surface area (Å²) in [6, 6.07) is 3.17. The minimum absolute atomic E-state index is 0.0765. The summed E-state index contributed by atoms with van der Waals surface area (Å²) >= 11 is 0. The summed E-state index contributed by atoms with van der Waals surface area (Å²) in [6.07, 6.45) is 2.03. The number of anilines is 1. The molecule has 0 aliphatic carbocycles. The average molecular weight is 274 g/mol. The Balaban J connectivity index is 2.91. The molecule has 102 valence electrons. The highest BCUT2D eigenvalue weighted by Gasteiger charge is 2.24. The fourth-order valence-corrected chi connectivity index (χ4v) is 2.67. The van der Waals surface area contributed by atoms with Crippen LogP contribution in [-0.2, 0) is 14.8 Å². The van der Waals surface area contributed by atoms with Gasteiger partial charge in [0.1, 0.15) is 0 Å². The van der Waals surface area contributed by atoms with Crippen molar-refractivity contribution in [2.24, 2.45) is 5.84 Å². The third-order valence-electron chi connectivity index (χ3n) is 2.40. The molecule has 0 aliphatic heterocycles. The van der Waals surface area contributed by atoms with E-state index in [0.717, 1.165) is 0 Å². The second kappa shape index (κ2) is 6.64. The van der Waals surface area contributed by atoms with Crippen LogP contribution in [0.2, 0.25) is 0 Å². The van der Waals surface area contributed by atoms with Gasteiger partial charge < -0.3 is 10.2 Å². The summed E-state index contributed by atoms with van der Waals surface area (Å²) in [4.78, 5) is 3.87. The third-order valence-corrected chi connectivity index (χ3v) is 4.22. The molecular weight excluding hydrogens is 256 g/mol. The highest BCUT2D eigenvalue weighted by molar-refractivity contribution is 7.89. The predicted octanol–water partition coefficient (Wildman–Crippen LogP) is 0.0242. The van der Waals surface area contributed by atoms with Crippen molar-refractivity contribution in [3.63, 3.8) is 0 Å². The van der Waals surface area contributed by atoms with Crippen molar-refractivity contribution >= 4 is 15.7 Å². The van der Waals surface area contributed by atoms with Crippen molar-refractivity contribution in [2.45, 2.75) is 11.4 Å². The number of ether oxygens (including phenoxy) is 1. The average Bonchev–Trinajstić information content (AvgIpc) is 2.38. The lowest BCUT2D eigenvalue weighted by Crippen LogP contribution is -2.30. The molecule has 1 aromatic rings. The number of nitrogens with one attached hydrogen (secondary N) is 1. The molecule has 0 radical (unpaired) electrons.